The van der Waals surface area contributed by atoms with E-state index in [0.717, 1.165) is 30.7 Å². The average molecular weight is 229 g/mol. The minimum Gasteiger partial charge on any atom is -0.390 e. The highest BCUT2D eigenvalue weighted by molar-refractivity contribution is 5.76. The molecule has 0 atom stereocenters. The Hall–Kier alpha value is -0.610. The number of hydrogen-bond donors (Lipinski definition) is 2. The third-order valence-corrected chi connectivity index (χ3v) is 3.49. The van der Waals surface area contributed by atoms with E-state index in [2.05, 4.69) is 6.92 Å². The first-order chi connectivity index (χ1) is 7.57. The molecule has 0 radical (unpaired) electrons. The van der Waals surface area contributed by atoms with Gasteiger partial charge in [0.05, 0.1) is 5.60 Å². The van der Waals surface area contributed by atoms with E-state index in [1.165, 1.54) is 19.3 Å². The van der Waals surface area contributed by atoms with E-state index in [1.54, 1.807) is 0 Å². The first-order valence-corrected chi connectivity index (χ1v) is 6.29. The topological polar surface area (TPSA) is 60.8 Å². The van der Waals surface area contributed by atoms with Gasteiger partial charge in [0.15, 0.2) is 0 Å². The Bertz CT molecular complexity index is 224. The molecule has 2 rings (SSSR count). The second-order valence-electron chi connectivity index (χ2n) is 4.76. The molecule has 1 saturated carbocycles. The van der Waals surface area contributed by atoms with E-state index in [0.29, 0.717) is 13.0 Å². The molecule has 4 nitrogen and oxygen atoms in total. The van der Waals surface area contributed by atoms with E-state index in [1.807, 2.05) is 0 Å². The fraction of sp³-hybridized carbons (Fsp3) is 0.917. The number of amides is 1. The molecule has 0 spiro atoms. The second kappa shape index (κ2) is 6.21. The highest BCUT2D eigenvalue weighted by Gasteiger charge is 2.26. The summed E-state index contributed by atoms with van der Waals surface area (Å²) in [5.74, 6) is -0.153. The van der Waals surface area contributed by atoms with Crippen molar-refractivity contribution in [3.63, 3.8) is 0 Å². The van der Waals surface area contributed by atoms with Crippen LogP contribution in [0.2, 0.25) is 0 Å². The highest BCUT2D eigenvalue weighted by Crippen LogP contribution is 2.30. The maximum Gasteiger partial charge on any atom is 0.245 e. The van der Waals surface area contributed by atoms with Crippen LogP contribution in [0.25, 0.3) is 0 Å². The zero-order valence-corrected chi connectivity index (χ0v) is 10.1. The SMILES string of the molecule is CCC1(O)CCCCC1.O=C1CCCN1O. The maximum absolute atomic E-state index is 10.2. The van der Waals surface area contributed by atoms with Crippen LogP contribution < -0.4 is 0 Å². The van der Waals surface area contributed by atoms with Crippen LogP contribution in [0, 0.1) is 0 Å². The van der Waals surface area contributed by atoms with Gasteiger partial charge in [-0.15, -0.1) is 0 Å². The summed E-state index contributed by atoms with van der Waals surface area (Å²) in [5.41, 5.74) is -0.280. The van der Waals surface area contributed by atoms with Crippen LogP contribution in [-0.2, 0) is 4.79 Å². The minimum absolute atomic E-state index is 0.153. The van der Waals surface area contributed by atoms with E-state index in [9.17, 15) is 9.90 Å². The van der Waals surface area contributed by atoms with Crippen molar-refractivity contribution in [2.75, 3.05) is 6.54 Å². The van der Waals surface area contributed by atoms with Gasteiger partial charge in [0.1, 0.15) is 0 Å². The number of aliphatic hydroxyl groups is 1. The van der Waals surface area contributed by atoms with Gasteiger partial charge in [-0.3, -0.25) is 10.0 Å². The summed E-state index contributed by atoms with van der Waals surface area (Å²) in [7, 11) is 0. The molecular formula is C12H23NO3. The number of carbonyl (C=O) groups is 1. The van der Waals surface area contributed by atoms with Gasteiger partial charge < -0.3 is 5.11 Å². The molecule has 0 bridgehead atoms. The lowest BCUT2D eigenvalue weighted by Crippen LogP contribution is -2.29. The van der Waals surface area contributed by atoms with Crippen LogP contribution in [0.3, 0.4) is 0 Å². The largest absolute Gasteiger partial charge is 0.390 e. The third-order valence-electron chi connectivity index (χ3n) is 3.49. The zero-order valence-electron chi connectivity index (χ0n) is 10.1. The van der Waals surface area contributed by atoms with Crippen LogP contribution in [0.5, 0.6) is 0 Å². The van der Waals surface area contributed by atoms with Crippen LogP contribution >= 0.6 is 0 Å². The Labute approximate surface area is 97.2 Å². The van der Waals surface area contributed by atoms with Gasteiger partial charge in [-0.2, -0.15) is 0 Å². The fourth-order valence-corrected chi connectivity index (χ4v) is 2.20. The van der Waals surface area contributed by atoms with Gasteiger partial charge in [0.2, 0.25) is 5.91 Å². The van der Waals surface area contributed by atoms with Crippen LogP contribution in [0.4, 0.5) is 0 Å². The molecule has 0 aromatic heterocycles. The summed E-state index contributed by atoms with van der Waals surface area (Å²) in [6.07, 6.45) is 8.09. The maximum atomic E-state index is 10.2. The molecule has 2 fully saturated rings. The van der Waals surface area contributed by atoms with Gasteiger partial charge in [-0.25, -0.2) is 5.06 Å². The lowest BCUT2D eigenvalue weighted by Gasteiger charge is -2.30. The Kier molecular flexibility index (Phi) is 5.22. The van der Waals surface area contributed by atoms with Crippen molar-refractivity contribution in [2.24, 2.45) is 0 Å². The van der Waals surface area contributed by atoms with Gasteiger partial charge in [0.25, 0.3) is 0 Å². The van der Waals surface area contributed by atoms with Crippen molar-refractivity contribution in [3.05, 3.63) is 0 Å². The van der Waals surface area contributed by atoms with E-state index in [-0.39, 0.29) is 11.5 Å². The molecule has 1 aliphatic heterocycles. The lowest BCUT2D eigenvalue weighted by molar-refractivity contribution is -0.157. The average Bonchev–Trinajstić information content (AvgIpc) is 2.65. The molecule has 1 aliphatic carbocycles. The van der Waals surface area contributed by atoms with Crippen molar-refractivity contribution < 1.29 is 15.1 Å². The molecule has 1 saturated heterocycles. The van der Waals surface area contributed by atoms with Crippen LogP contribution in [0.15, 0.2) is 0 Å². The minimum atomic E-state index is -0.280. The summed E-state index contributed by atoms with van der Waals surface area (Å²) in [6.45, 7) is 2.59. The molecule has 1 amide bonds. The van der Waals surface area contributed by atoms with Crippen molar-refractivity contribution in [3.8, 4) is 0 Å². The first kappa shape index (κ1) is 13.5. The van der Waals surface area contributed by atoms with Crippen LogP contribution in [-0.4, -0.2) is 33.4 Å². The summed E-state index contributed by atoms with van der Waals surface area (Å²) < 4.78 is 0. The summed E-state index contributed by atoms with van der Waals surface area (Å²) in [5, 5.41) is 18.9. The molecule has 16 heavy (non-hydrogen) atoms. The van der Waals surface area contributed by atoms with Gasteiger partial charge in [0, 0.05) is 13.0 Å². The predicted molar refractivity (Wildman–Crippen MR) is 61.1 cm³/mol. The van der Waals surface area contributed by atoms with Crippen molar-refractivity contribution in [2.45, 2.75) is 63.9 Å². The molecule has 2 N–H and O–H groups in total. The summed E-state index contributed by atoms with van der Waals surface area (Å²) in [4.78, 5) is 10.2. The molecule has 94 valence electrons. The van der Waals surface area contributed by atoms with Crippen molar-refractivity contribution >= 4 is 5.91 Å². The number of rotatable bonds is 1. The number of carbonyl (C=O) groups excluding carboxylic acids is 1. The lowest BCUT2D eigenvalue weighted by atomic mass is 9.83. The van der Waals surface area contributed by atoms with Crippen LogP contribution in [0.1, 0.15) is 58.3 Å². The monoisotopic (exact) mass is 229 g/mol. The van der Waals surface area contributed by atoms with Crippen molar-refractivity contribution in [1.29, 1.82) is 0 Å². The molecule has 0 aromatic rings. The van der Waals surface area contributed by atoms with E-state index >= 15 is 0 Å². The molecule has 0 unspecified atom stereocenters. The molecule has 2 aliphatic rings. The highest BCUT2D eigenvalue weighted by atomic mass is 16.5. The number of hydrogen-bond acceptors (Lipinski definition) is 3. The molecule has 0 aromatic carbocycles. The third kappa shape index (κ3) is 4.10. The fourth-order valence-electron chi connectivity index (χ4n) is 2.20. The summed E-state index contributed by atoms with van der Waals surface area (Å²) >= 11 is 0. The van der Waals surface area contributed by atoms with Crippen molar-refractivity contribution in [1.82, 2.24) is 5.06 Å². The Morgan fingerprint density at radius 2 is 1.88 bits per heavy atom. The Morgan fingerprint density at radius 3 is 2.12 bits per heavy atom. The smallest absolute Gasteiger partial charge is 0.245 e. The van der Waals surface area contributed by atoms with Gasteiger partial charge in [-0.05, 0) is 25.7 Å². The first-order valence-electron chi connectivity index (χ1n) is 6.29. The number of hydroxylamine groups is 2. The second-order valence-corrected chi connectivity index (χ2v) is 4.76. The standard InChI is InChI=1S/C8H16O.C4H7NO2/c1-2-8(9)6-4-3-5-7-8;6-4-2-1-3-5(4)7/h9H,2-7H2,1H3;7H,1-3H2. The van der Waals surface area contributed by atoms with Gasteiger partial charge in [-0.1, -0.05) is 26.2 Å². The zero-order chi connectivity index (χ0) is 12.0. The molecule has 4 heteroatoms. The van der Waals surface area contributed by atoms with E-state index < -0.39 is 0 Å². The molecule has 1 heterocycles. The number of nitrogens with zero attached hydrogens (tertiary/aromatic N) is 1. The normalized spacial score (nSPS) is 23.9. The quantitative estimate of drug-likeness (QED) is 0.677. The Balaban J connectivity index is 0.000000165. The predicted octanol–water partition coefficient (Wildman–Crippen LogP) is 2.09. The Morgan fingerprint density at radius 1 is 1.25 bits per heavy atom. The molecular weight excluding hydrogens is 206 g/mol. The summed E-state index contributed by atoms with van der Waals surface area (Å²) in [6, 6.07) is 0. The van der Waals surface area contributed by atoms with E-state index in [4.69, 9.17) is 5.21 Å². The van der Waals surface area contributed by atoms with Gasteiger partial charge >= 0.3 is 0 Å².